The van der Waals surface area contributed by atoms with E-state index in [1.54, 1.807) is 6.92 Å². The number of nitrogen functional groups attached to an aromatic ring is 1. The normalized spacial score (nSPS) is 34.4. The van der Waals surface area contributed by atoms with E-state index in [-0.39, 0.29) is 41.1 Å². The highest BCUT2D eigenvalue weighted by Crippen LogP contribution is 2.50. The highest BCUT2D eigenvalue weighted by molar-refractivity contribution is 8.07. The standard InChI is InChI=1S/C21H24FN10O9PS2/c1-8-29-18-14(19(33)30-8)27-7-32(18)20-10-2-9(38-20)3-28-44(35,36)41-15-11(4-37-42(34,43)40-10)39-21(12(15)22)31-6-26-13-16(23)24-5-25-17(13)31/h5-7,9-12,15,20-21,28H,2-4H2,1H3,(H,34,43)(H2,23,24,25)(H,29,30,33). The first-order chi connectivity index (χ1) is 20.9. The molecule has 7 heterocycles. The smallest absolute Gasteiger partial charge is 0.336 e. The van der Waals surface area contributed by atoms with Crippen LogP contribution in [0.5, 0.6) is 0 Å². The molecule has 4 aromatic heterocycles. The van der Waals surface area contributed by atoms with Gasteiger partial charge in [0, 0.05) is 13.0 Å². The number of nitrogens with zero attached hydrogens (tertiary/aromatic N) is 7. The van der Waals surface area contributed by atoms with Crippen molar-refractivity contribution in [3.05, 3.63) is 35.2 Å². The van der Waals surface area contributed by atoms with Gasteiger partial charge >= 0.3 is 17.0 Å². The highest BCUT2D eigenvalue weighted by Gasteiger charge is 2.51. The number of halogens is 1. The first kappa shape index (κ1) is 29.6. The number of nitrogens with two attached hydrogens (primary N) is 1. The monoisotopic (exact) mass is 674 g/mol. The van der Waals surface area contributed by atoms with Crippen molar-refractivity contribution in [3.63, 3.8) is 0 Å². The summed E-state index contributed by atoms with van der Waals surface area (Å²) in [4.78, 5) is 46.4. The number of anilines is 1. The number of hydrogen-bond donors (Lipinski definition) is 4. The fourth-order valence-electron chi connectivity index (χ4n) is 5.38. The number of nitrogens with one attached hydrogen (secondary N) is 2. The summed E-state index contributed by atoms with van der Waals surface area (Å²) in [6.45, 7) is -3.45. The molecule has 0 radical (unpaired) electrons. The van der Waals surface area contributed by atoms with Crippen LogP contribution in [0.15, 0.2) is 23.8 Å². The SMILES string of the molecule is Cc1nc2c(ncn2C2OC3CNS(=O)(=O)OC4C(COP(O)(=S)OC2C3)OC(n2cnc3c(N)ncnc32)C4F)c(=O)[nH]1. The third kappa shape index (κ3) is 5.29. The minimum Gasteiger partial charge on any atom is -0.382 e. The van der Waals surface area contributed by atoms with Crippen LogP contribution in [-0.4, -0.2) is 96.1 Å². The molecule has 0 saturated carbocycles. The quantitative estimate of drug-likeness (QED) is 0.191. The summed E-state index contributed by atoms with van der Waals surface area (Å²) < 4.78 is 75.3. The van der Waals surface area contributed by atoms with E-state index in [2.05, 4.69) is 34.6 Å². The van der Waals surface area contributed by atoms with Crippen molar-refractivity contribution in [1.82, 2.24) is 43.8 Å². The van der Waals surface area contributed by atoms with Gasteiger partial charge in [0.1, 0.15) is 36.0 Å². The zero-order chi connectivity index (χ0) is 31.0. The molecule has 3 aliphatic rings. The molecule has 5 N–H and O–H groups in total. The molecule has 0 spiro atoms. The predicted molar refractivity (Wildman–Crippen MR) is 149 cm³/mol. The molecular formula is C21H24FN10O9PS2. The average molecular weight is 675 g/mol. The molecule has 19 nitrogen and oxygen atoms in total. The van der Waals surface area contributed by atoms with Crippen LogP contribution in [0.2, 0.25) is 0 Å². The molecule has 7 rings (SSSR count). The van der Waals surface area contributed by atoms with Gasteiger partial charge in [0.05, 0.1) is 25.4 Å². The van der Waals surface area contributed by atoms with Crippen molar-refractivity contribution in [2.24, 2.45) is 0 Å². The Balaban J connectivity index is 1.19. The molecule has 0 aromatic carbocycles. The number of aromatic nitrogens is 8. The van der Waals surface area contributed by atoms with Crippen molar-refractivity contribution < 1.29 is 40.4 Å². The number of rotatable bonds is 2. The molecule has 2 bridgehead atoms. The molecular weight excluding hydrogens is 650 g/mol. The molecule has 8 unspecified atom stereocenters. The van der Waals surface area contributed by atoms with Crippen LogP contribution in [0.1, 0.15) is 24.7 Å². The van der Waals surface area contributed by atoms with E-state index in [4.69, 9.17) is 40.2 Å². The zero-order valence-corrected chi connectivity index (χ0v) is 25.0. The fraction of sp³-hybridized carbons (Fsp3) is 0.524. The lowest BCUT2D eigenvalue weighted by atomic mass is 10.1. The molecule has 23 heteroatoms. The maximum absolute atomic E-state index is 15.9. The van der Waals surface area contributed by atoms with Crippen LogP contribution in [0.25, 0.3) is 22.3 Å². The predicted octanol–water partition coefficient (Wildman–Crippen LogP) is -0.775. The summed E-state index contributed by atoms with van der Waals surface area (Å²) in [5, 5.41) is 0. The number of fused-ring (bicyclic) bond motifs is 5. The summed E-state index contributed by atoms with van der Waals surface area (Å²) in [5.74, 6) is 0.361. The maximum Gasteiger partial charge on any atom is 0.336 e. The largest absolute Gasteiger partial charge is 0.382 e. The van der Waals surface area contributed by atoms with E-state index in [9.17, 15) is 18.1 Å². The van der Waals surface area contributed by atoms with Crippen LogP contribution < -0.4 is 16.0 Å². The first-order valence-electron chi connectivity index (χ1n) is 13.0. The number of hydrogen-bond acceptors (Lipinski definition) is 15. The summed E-state index contributed by atoms with van der Waals surface area (Å²) in [5.41, 5.74) is 5.88. The van der Waals surface area contributed by atoms with Gasteiger partial charge in [-0.05, 0) is 18.7 Å². The summed E-state index contributed by atoms with van der Waals surface area (Å²) in [7, 11) is -4.59. The molecule has 44 heavy (non-hydrogen) atoms. The Morgan fingerprint density at radius 1 is 1.11 bits per heavy atom. The maximum atomic E-state index is 15.9. The second-order valence-electron chi connectivity index (χ2n) is 10.2. The number of alkyl halides is 1. The van der Waals surface area contributed by atoms with Crippen molar-refractivity contribution in [2.75, 3.05) is 18.9 Å². The van der Waals surface area contributed by atoms with Gasteiger partial charge in [-0.3, -0.25) is 13.9 Å². The van der Waals surface area contributed by atoms with Gasteiger partial charge < -0.3 is 34.1 Å². The molecule has 4 aromatic rings. The van der Waals surface area contributed by atoms with Crippen LogP contribution in [0, 0.1) is 6.92 Å². The third-order valence-corrected chi connectivity index (χ3v) is 9.88. The zero-order valence-electron chi connectivity index (χ0n) is 22.5. The molecule has 236 valence electrons. The lowest BCUT2D eigenvalue weighted by molar-refractivity contribution is -0.0497. The van der Waals surface area contributed by atoms with Gasteiger partial charge in [-0.2, -0.15) is 13.1 Å². The molecule has 3 fully saturated rings. The van der Waals surface area contributed by atoms with E-state index >= 15 is 4.39 Å². The second kappa shape index (κ2) is 10.8. The Hall–Kier alpha value is -3.05. The van der Waals surface area contributed by atoms with E-state index < -0.39 is 72.2 Å². The van der Waals surface area contributed by atoms with Crippen LogP contribution in [0.3, 0.4) is 0 Å². The Morgan fingerprint density at radius 2 is 1.86 bits per heavy atom. The Morgan fingerprint density at radius 3 is 2.66 bits per heavy atom. The van der Waals surface area contributed by atoms with Crippen molar-refractivity contribution in [1.29, 1.82) is 0 Å². The molecule has 8 atom stereocenters. The number of imidazole rings is 2. The van der Waals surface area contributed by atoms with Crippen molar-refractivity contribution in [3.8, 4) is 0 Å². The van der Waals surface area contributed by atoms with Crippen LogP contribution >= 0.6 is 6.72 Å². The van der Waals surface area contributed by atoms with Crippen LogP contribution in [0.4, 0.5) is 10.2 Å². The minimum atomic E-state index is -4.59. The van der Waals surface area contributed by atoms with Crippen molar-refractivity contribution in [2.45, 2.75) is 56.4 Å². The Labute approximate surface area is 251 Å². The average Bonchev–Trinajstić information content (AvgIpc) is 3.72. The van der Waals surface area contributed by atoms with Crippen LogP contribution in [-0.2, 0) is 44.8 Å². The topological polar surface area (TPSA) is 246 Å². The molecule has 0 amide bonds. The van der Waals surface area contributed by atoms with Gasteiger partial charge in [-0.15, -0.1) is 0 Å². The summed E-state index contributed by atoms with van der Waals surface area (Å²) in [6.07, 6.45) is -5.82. The van der Waals surface area contributed by atoms with Gasteiger partial charge in [-0.1, -0.05) is 0 Å². The lowest BCUT2D eigenvalue weighted by Gasteiger charge is -2.26. The van der Waals surface area contributed by atoms with Gasteiger partial charge in [0.15, 0.2) is 41.3 Å². The van der Waals surface area contributed by atoms with E-state index in [1.165, 1.54) is 21.8 Å². The minimum absolute atomic E-state index is 0.0316. The number of aromatic amines is 1. The Kier molecular flexibility index (Phi) is 7.27. The Bertz CT molecular complexity index is 1970. The fourth-order valence-corrected chi connectivity index (χ4v) is 7.80. The lowest BCUT2D eigenvalue weighted by Crippen LogP contribution is -2.41. The number of ether oxygens (including phenoxy) is 2. The summed E-state index contributed by atoms with van der Waals surface area (Å²) in [6, 6.07) is 0. The number of aryl methyl sites for hydroxylation is 1. The second-order valence-corrected chi connectivity index (χ2v) is 14.4. The number of H-pyrrole nitrogens is 1. The van der Waals surface area contributed by atoms with Gasteiger partial charge in [0.2, 0.25) is 0 Å². The van der Waals surface area contributed by atoms with E-state index in [1.807, 2.05) is 0 Å². The third-order valence-electron chi connectivity index (χ3n) is 7.29. The van der Waals surface area contributed by atoms with Gasteiger partial charge in [-0.25, -0.2) is 33.5 Å². The van der Waals surface area contributed by atoms with E-state index in [0.717, 1.165) is 6.33 Å². The molecule has 3 saturated heterocycles. The first-order valence-corrected chi connectivity index (χ1v) is 17.0. The summed E-state index contributed by atoms with van der Waals surface area (Å²) >= 11 is 5.26. The highest BCUT2D eigenvalue weighted by atomic mass is 32.5. The van der Waals surface area contributed by atoms with Gasteiger partial charge in [0.25, 0.3) is 5.56 Å². The molecule has 0 aliphatic carbocycles. The van der Waals surface area contributed by atoms with E-state index in [0.29, 0.717) is 5.82 Å². The molecule has 3 aliphatic heterocycles. The van der Waals surface area contributed by atoms with Crippen molar-refractivity contribution >= 4 is 57.0 Å².